The maximum Gasteiger partial charge on any atom is -0.0414 e. The topological polar surface area (TPSA) is 0 Å². The zero-order valence-electron chi connectivity index (χ0n) is 28.7. The Morgan fingerprint density at radius 1 is 0.275 bits per heavy atom. The fraction of sp³-hybridized carbons (Fsp3) is 0.975. The molecule has 0 heteroatoms. The first kappa shape index (κ1) is 40.0. The zero-order chi connectivity index (χ0) is 29.0. The Morgan fingerprint density at radius 2 is 0.450 bits per heavy atom. The molecule has 0 amide bonds. The van der Waals surface area contributed by atoms with Crippen LogP contribution in [0, 0.1) is 12.8 Å². The molecule has 1 unspecified atom stereocenters. The molecule has 0 saturated carbocycles. The molecule has 0 bridgehead atoms. The lowest BCUT2D eigenvalue weighted by Crippen LogP contribution is -1.99. The highest BCUT2D eigenvalue weighted by Gasteiger charge is 2.06. The van der Waals surface area contributed by atoms with Gasteiger partial charge in [0.15, 0.2) is 0 Å². The SMILES string of the molecule is [CH2]CC(CCCCCCCCCCCC)CCCCCCCCCCCCCCCCCCCCCCCCC. The van der Waals surface area contributed by atoms with Crippen LogP contribution in [-0.4, -0.2) is 0 Å². The first-order valence-corrected chi connectivity index (χ1v) is 19.6. The lowest BCUT2D eigenvalue weighted by atomic mass is 9.92. The third-order valence-corrected chi connectivity index (χ3v) is 9.59. The fourth-order valence-corrected chi connectivity index (χ4v) is 6.57. The molecule has 0 aromatic heterocycles. The Bertz CT molecular complexity index is 412. The van der Waals surface area contributed by atoms with E-state index in [4.69, 9.17) is 0 Å². The van der Waals surface area contributed by atoms with Gasteiger partial charge in [-0.1, -0.05) is 252 Å². The molecule has 0 heterocycles. The van der Waals surface area contributed by atoms with Crippen molar-refractivity contribution in [3.05, 3.63) is 6.92 Å². The van der Waals surface area contributed by atoms with E-state index in [2.05, 4.69) is 20.8 Å². The first-order chi connectivity index (χ1) is 19.8. The van der Waals surface area contributed by atoms with Gasteiger partial charge < -0.3 is 0 Å². The molecule has 0 aliphatic rings. The summed E-state index contributed by atoms with van der Waals surface area (Å²) in [5.41, 5.74) is 0. The molecular formula is C40H81. The molecule has 0 fully saturated rings. The van der Waals surface area contributed by atoms with Crippen LogP contribution >= 0.6 is 0 Å². The summed E-state index contributed by atoms with van der Waals surface area (Å²) in [6.45, 7) is 8.88. The van der Waals surface area contributed by atoms with Crippen LogP contribution < -0.4 is 0 Å². The highest BCUT2D eigenvalue weighted by Crippen LogP contribution is 2.22. The number of hydrogen-bond donors (Lipinski definition) is 0. The van der Waals surface area contributed by atoms with Crippen LogP contribution in [0.4, 0.5) is 0 Å². The smallest absolute Gasteiger partial charge is 0.0414 e. The van der Waals surface area contributed by atoms with Gasteiger partial charge in [0.1, 0.15) is 0 Å². The van der Waals surface area contributed by atoms with E-state index < -0.39 is 0 Å². The predicted octanol–water partition coefficient (Wildman–Crippen LogP) is 15.5. The van der Waals surface area contributed by atoms with Gasteiger partial charge in [-0.05, 0) is 5.92 Å². The van der Waals surface area contributed by atoms with Crippen molar-refractivity contribution >= 4 is 0 Å². The Balaban J connectivity index is 3.20. The van der Waals surface area contributed by atoms with Gasteiger partial charge in [-0.3, -0.25) is 0 Å². The minimum atomic E-state index is 0.906. The molecule has 0 aromatic rings. The normalized spacial score (nSPS) is 12.4. The second kappa shape index (κ2) is 37.0. The highest BCUT2D eigenvalue weighted by molar-refractivity contribution is 4.62. The van der Waals surface area contributed by atoms with E-state index in [9.17, 15) is 0 Å². The zero-order valence-corrected chi connectivity index (χ0v) is 28.7. The van der Waals surface area contributed by atoms with Crippen molar-refractivity contribution in [3.63, 3.8) is 0 Å². The van der Waals surface area contributed by atoms with Crippen molar-refractivity contribution < 1.29 is 0 Å². The molecule has 0 aromatic carbocycles. The van der Waals surface area contributed by atoms with Crippen LogP contribution in [0.3, 0.4) is 0 Å². The minimum Gasteiger partial charge on any atom is -0.0654 e. The molecular weight excluding hydrogens is 480 g/mol. The molecule has 1 radical (unpaired) electrons. The van der Waals surface area contributed by atoms with Crippen LogP contribution in [0.1, 0.15) is 245 Å². The summed E-state index contributed by atoms with van der Waals surface area (Å²) < 4.78 is 0. The van der Waals surface area contributed by atoms with Crippen LogP contribution in [0.5, 0.6) is 0 Å². The monoisotopic (exact) mass is 562 g/mol. The van der Waals surface area contributed by atoms with Crippen molar-refractivity contribution in [2.75, 3.05) is 0 Å². The second-order valence-corrected chi connectivity index (χ2v) is 13.7. The van der Waals surface area contributed by atoms with Gasteiger partial charge in [0, 0.05) is 0 Å². The summed E-state index contributed by atoms with van der Waals surface area (Å²) in [4.78, 5) is 0. The fourth-order valence-electron chi connectivity index (χ4n) is 6.57. The molecule has 0 aliphatic heterocycles. The van der Waals surface area contributed by atoms with Crippen LogP contribution in [-0.2, 0) is 0 Å². The summed E-state index contributed by atoms with van der Waals surface area (Å²) >= 11 is 0. The third kappa shape index (κ3) is 34.2. The lowest BCUT2D eigenvalue weighted by Gasteiger charge is -2.14. The molecule has 0 nitrogen and oxygen atoms in total. The number of unbranched alkanes of at least 4 members (excludes halogenated alkanes) is 31. The van der Waals surface area contributed by atoms with E-state index in [-0.39, 0.29) is 0 Å². The van der Waals surface area contributed by atoms with E-state index in [1.54, 1.807) is 0 Å². The van der Waals surface area contributed by atoms with Crippen LogP contribution in [0.2, 0.25) is 0 Å². The summed E-state index contributed by atoms with van der Waals surface area (Å²) in [5.74, 6) is 0.906. The largest absolute Gasteiger partial charge is 0.0654 e. The molecule has 40 heavy (non-hydrogen) atoms. The molecule has 1 atom stereocenters. The van der Waals surface area contributed by atoms with Crippen LogP contribution in [0.25, 0.3) is 0 Å². The van der Waals surface area contributed by atoms with E-state index in [0.717, 1.165) is 12.3 Å². The number of hydrogen-bond acceptors (Lipinski definition) is 0. The molecule has 0 N–H and O–H groups in total. The van der Waals surface area contributed by atoms with Gasteiger partial charge in [-0.25, -0.2) is 0 Å². The van der Waals surface area contributed by atoms with Crippen molar-refractivity contribution in [2.24, 2.45) is 5.92 Å². The van der Waals surface area contributed by atoms with Crippen LogP contribution in [0.15, 0.2) is 0 Å². The van der Waals surface area contributed by atoms with Gasteiger partial charge in [0.25, 0.3) is 0 Å². The van der Waals surface area contributed by atoms with Gasteiger partial charge in [0.2, 0.25) is 0 Å². The predicted molar refractivity (Wildman–Crippen MR) is 186 cm³/mol. The Labute approximate surface area is 257 Å². The van der Waals surface area contributed by atoms with Crippen molar-refractivity contribution in [1.29, 1.82) is 0 Å². The van der Waals surface area contributed by atoms with E-state index >= 15 is 0 Å². The average molecular weight is 562 g/mol. The Hall–Kier alpha value is 0. The maximum atomic E-state index is 4.26. The summed E-state index contributed by atoms with van der Waals surface area (Å²) in [6, 6.07) is 0. The lowest BCUT2D eigenvalue weighted by molar-refractivity contribution is 0.404. The van der Waals surface area contributed by atoms with Crippen molar-refractivity contribution in [1.82, 2.24) is 0 Å². The maximum absolute atomic E-state index is 4.26. The van der Waals surface area contributed by atoms with E-state index in [0.29, 0.717) is 0 Å². The Kier molecular flexibility index (Phi) is 37.0. The average Bonchev–Trinajstić information content (AvgIpc) is 2.97. The summed E-state index contributed by atoms with van der Waals surface area (Å²) in [5, 5.41) is 0. The standard InChI is InChI=1S/C40H81/c1-4-7-9-11-13-15-17-18-19-20-21-22-23-24-25-26-27-28-29-31-33-35-37-39-40(6-3)38-36-34-32-30-16-14-12-10-8-5-2/h40H,3-39H2,1-2H3. The van der Waals surface area contributed by atoms with Crippen molar-refractivity contribution in [3.8, 4) is 0 Å². The second-order valence-electron chi connectivity index (χ2n) is 13.7. The van der Waals surface area contributed by atoms with E-state index in [1.165, 1.54) is 225 Å². The Morgan fingerprint density at radius 3 is 0.625 bits per heavy atom. The third-order valence-electron chi connectivity index (χ3n) is 9.59. The highest BCUT2D eigenvalue weighted by atomic mass is 14.1. The first-order valence-electron chi connectivity index (χ1n) is 19.6. The molecule has 0 saturated heterocycles. The van der Waals surface area contributed by atoms with Gasteiger partial charge >= 0.3 is 0 Å². The summed E-state index contributed by atoms with van der Waals surface area (Å²) in [7, 11) is 0. The molecule has 0 rings (SSSR count). The van der Waals surface area contributed by atoms with Gasteiger partial charge in [0.05, 0.1) is 0 Å². The van der Waals surface area contributed by atoms with Crippen molar-refractivity contribution in [2.45, 2.75) is 245 Å². The molecule has 241 valence electrons. The molecule has 0 spiro atoms. The van der Waals surface area contributed by atoms with Gasteiger partial charge in [-0.15, -0.1) is 0 Å². The van der Waals surface area contributed by atoms with Gasteiger partial charge in [-0.2, -0.15) is 0 Å². The minimum absolute atomic E-state index is 0.906. The number of rotatable bonds is 36. The summed E-state index contributed by atoms with van der Waals surface area (Å²) in [6.07, 6.45) is 52.6. The molecule has 0 aliphatic carbocycles. The van der Waals surface area contributed by atoms with E-state index in [1.807, 2.05) is 0 Å². The quantitative estimate of drug-likeness (QED) is 0.0667.